The van der Waals surface area contributed by atoms with E-state index in [1.54, 1.807) is 11.8 Å². The molecule has 15 heavy (non-hydrogen) atoms. The van der Waals surface area contributed by atoms with Crippen molar-refractivity contribution in [3.63, 3.8) is 0 Å². The van der Waals surface area contributed by atoms with Gasteiger partial charge in [0.05, 0.1) is 11.8 Å². The van der Waals surface area contributed by atoms with Gasteiger partial charge in [-0.1, -0.05) is 11.6 Å². The van der Waals surface area contributed by atoms with Gasteiger partial charge in [-0.3, -0.25) is 9.69 Å². The molecule has 6 heteroatoms. The van der Waals surface area contributed by atoms with Crippen LogP contribution in [-0.2, 0) is 9.59 Å². The first kappa shape index (κ1) is 10.6. The van der Waals surface area contributed by atoms with E-state index in [-0.39, 0.29) is 17.0 Å². The molecule has 0 unspecified atom stereocenters. The third kappa shape index (κ3) is 1.66. The molecule has 1 saturated heterocycles. The molecular formula is C9H8ClNO3S. The fourth-order valence-electron chi connectivity index (χ4n) is 1.64. The summed E-state index contributed by atoms with van der Waals surface area (Å²) in [6.07, 6.45) is 1.96. The topological polar surface area (TPSA) is 57.6 Å². The molecule has 0 bridgehead atoms. The van der Waals surface area contributed by atoms with Crippen LogP contribution in [0.5, 0.6) is 0 Å². The molecule has 1 fully saturated rings. The lowest BCUT2D eigenvalue weighted by molar-refractivity contribution is -0.146. The van der Waals surface area contributed by atoms with E-state index >= 15 is 0 Å². The van der Waals surface area contributed by atoms with Crippen molar-refractivity contribution in [3.05, 3.63) is 22.9 Å². The summed E-state index contributed by atoms with van der Waals surface area (Å²) < 4.78 is 0. The summed E-state index contributed by atoms with van der Waals surface area (Å²) in [4.78, 5) is 23.7. The lowest BCUT2D eigenvalue weighted by atomic mass is 10.1. The molecule has 0 aromatic carbocycles. The fraction of sp³-hybridized carbons (Fsp3) is 0.333. The van der Waals surface area contributed by atoms with Crippen molar-refractivity contribution in [1.82, 2.24) is 4.90 Å². The molecule has 0 aliphatic carbocycles. The Morgan fingerprint density at radius 3 is 2.93 bits per heavy atom. The molecule has 80 valence electrons. The van der Waals surface area contributed by atoms with Gasteiger partial charge in [0.2, 0.25) is 5.91 Å². The standard InChI is InChI=1S/C9H8ClNO3S/c10-2-1-5-4-15-7-3-6(12)11(7)8(5)9(13)14/h1-2,7H,3-4H2,(H,13,14)/b2-1+/t7-/m1/s1. The van der Waals surface area contributed by atoms with Crippen molar-refractivity contribution in [3.8, 4) is 0 Å². The predicted octanol–water partition coefficient (Wildman–Crippen LogP) is 1.38. The smallest absolute Gasteiger partial charge is 0.352 e. The molecule has 2 aliphatic heterocycles. The van der Waals surface area contributed by atoms with E-state index < -0.39 is 5.97 Å². The van der Waals surface area contributed by atoms with Crippen LogP contribution >= 0.6 is 23.4 Å². The number of thioether (sulfide) groups is 1. The van der Waals surface area contributed by atoms with Gasteiger partial charge < -0.3 is 5.11 Å². The van der Waals surface area contributed by atoms with Crippen LogP contribution < -0.4 is 0 Å². The van der Waals surface area contributed by atoms with Crippen molar-refractivity contribution in [1.29, 1.82) is 0 Å². The second-order valence-electron chi connectivity index (χ2n) is 3.21. The molecule has 2 heterocycles. The molecule has 2 rings (SSSR count). The third-order valence-corrected chi connectivity index (χ3v) is 3.71. The number of β-lactam (4-membered cyclic amide) rings is 1. The Morgan fingerprint density at radius 2 is 2.40 bits per heavy atom. The average Bonchev–Trinajstić information content (AvgIpc) is 2.18. The number of hydrogen-bond acceptors (Lipinski definition) is 3. The van der Waals surface area contributed by atoms with Crippen LogP contribution in [0.3, 0.4) is 0 Å². The van der Waals surface area contributed by atoms with Crippen LogP contribution in [0.25, 0.3) is 0 Å². The normalized spacial score (nSPS) is 25.5. The van der Waals surface area contributed by atoms with E-state index in [1.165, 1.54) is 16.5 Å². The zero-order valence-corrected chi connectivity index (χ0v) is 9.22. The van der Waals surface area contributed by atoms with E-state index in [0.29, 0.717) is 17.7 Å². The van der Waals surface area contributed by atoms with Gasteiger partial charge in [-0.15, -0.1) is 11.8 Å². The molecule has 1 N–H and O–H groups in total. The van der Waals surface area contributed by atoms with Crippen LogP contribution in [0.4, 0.5) is 0 Å². The highest BCUT2D eigenvalue weighted by Gasteiger charge is 2.44. The number of nitrogens with zero attached hydrogens (tertiary/aromatic N) is 1. The van der Waals surface area contributed by atoms with E-state index in [9.17, 15) is 9.59 Å². The minimum Gasteiger partial charge on any atom is -0.477 e. The average molecular weight is 246 g/mol. The van der Waals surface area contributed by atoms with Crippen molar-refractivity contribution in [2.75, 3.05) is 5.75 Å². The maximum Gasteiger partial charge on any atom is 0.352 e. The van der Waals surface area contributed by atoms with Gasteiger partial charge in [-0.2, -0.15) is 0 Å². The summed E-state index contributed by atoms with van der Waals surface area (Å²) in [5.41, 5.74) is 1.93. The number of carboxylic acid groups (broad SMARTS) is 1. The maximum atomic E-state index is 11.3. The van der Waals surface area contributed by atoms with Gasteiger partial charge in [0.15, 0.2) is 0 Å². The molecule has 0 aromatic rings. The summed E-state index contributed by atoms with van der Waals surface area (Å²) in [7, 11) is 0. The predicted molar refractivity (Wildman–Crippen MR) is 57.4 cm³/mol. The van der Waals surface area contributed by atoms with Crippen LogP contribution in [0.2, 0.25) is 0 Å². The first-order chi connectivity index (χ1) is 7.15. The molecule has 4 nitrogen and oxygen atoms in total. The molecule has 1 atom stereocenters. The highest BCUT2D eigenvalue weighted by atomic mass is 35.5. The minimum absolute atomic E-state index is 0.00363. The van der Waals surface area contributed by atoms with Gasteiger partial charge in [-0.25, -0.2) is 4.79 Å². The second kappa shape index (κ2) is 3.90. The highest BCUT2D eigenvalue weighted by Crippen LogP contribution is 2.40. The van der Waals surface area contributed by atoms with Crippen LogP contribution in [-0.4, -0.2) is 33.0 Å². The fourth-order valence-corrected chi connectivity index (χ4v) is 3.03. The van der Waals surface area contributed by atoms with Crippen LogP contribution in [0.1, 0.15) is 6.42 Å². The van der Waals surface area contributed by atoms with Gasteiger partial charge in [0.1, 0.15) is 5.70 Å². The number of carbonyl (C=O) groups excluding carboxylic acids is 1. The molecule has 0 aromatic heterocycles. The van der Waals surface area contributed by atoms with Crippen LogP contribution in [0, 0.1) is 0 Å². The largest absolute Gasteiger partial charge is 0.477 e. The SMILES string of the molecule is O=C(O)C1=C(/C=C/Cl)CS[C@@H]2CC(=O)N12. The number of amides is 1. The summed E-state index contributed by atoms with van der Waals surface area (Å²) in [5, 5.41) is 9.03. The lowest BCUT2D eigenvalue weighted by Gasteiger charge is -2.43. The number of allylic oxidation sites excluding steroid dienone is 1. The number of aliphatic carboxylic acids is 1. The minimum atomic E-state index is -1.07. The monoisotopic (exact) mass is 245 g/mol. The number of rotatable bonds is 2. The van der Waals surface area contributed by atoms with Gasteiger partial charge in [-0.05, 0) is 11.6 Å². The summed E-state index contributed by atoms with van der Waals surface area (Å²) in [6, 6.07) is 0. The summed E-state index contributed by atoms with van der Waals surface area (Å²) in [6.45, 7) is 0. The Kier molecular flexibility index (Phi) is 2.75. The highest BCUT2D eigenvalue weighted by molar-refractivity contribution is 8.00. The lowest BCUT2D eigenvalue weighted by Crippen LogP contribution is -2.53. The van der Waals surface area contributed by atoms with Gasteiger partial charge >= 0.3 is 5.97 Å². The number of hydrogen-bond donors (Lipinski definition) is 1. The first-order valence-corrected chi connectivity index (χ1v) is 5.80. The molecule has 0 spiro atoms. The van der Waals surface area contributed by atoms with E-state index in [4.69, 9.17) is 16.7 Å². The Balaban J connectivity index is 2.41. The molecule has 1 amide bonds. The van der Waals surface area contributed by atoms with Crippen molar-refractivity contribution < 1.29 is 14.7 Å². The number of fused-ring (bicyclic) bond motifs is 1. The Labute approximate surface area is 95.6 Å². The van der Waals surface area contributed by atoms with E-state index in [0.717, 1.165) is 0 Å². The molecule has 2 aliphatic rings. The van der Waals surface area contributed by atoms with Gasteiger partial charge in [0, 0.05) is 11.3 Å². The number of halogens is 1. The molecule has 0 saturated carbocycles. The Morgan fingerprint density at radius 1 is 1.67 bits per heavy atom. The first-order valence-electron chi connectivity index (χ1n) is 4.32. The maximum absolute atomic E-state index is 11.3. The van der Waals surface area contributed by atoms with Crippen molar-refractivity contribution >= 4 is 35.2 Å². The van der Waals surface area contributed by atoms with Crippen molar-refractivity contribution in [2.45, 2.75) is 11.8 Å². The quantitative estimate of drug-likeness (QED) is 0.747. The van der Waals surface area contributed by atoms with E-state index in [1.807, 2.05) is 0 Å². The second-order valence-corrected chi connectivity index (χ2v) is 4.62. The Bertz CT molecular complexity index is 391. The van der Waals surface area contributed by atoms with Crippen LogP contribution in [0.15, 0.2) is 22.9 Å². The zero-order chi connectivity index (χ0) is 11.0. The summed E-state index contributed by atoms with van der Waals surface area (Å²) in [5.74, 6) is -0.623. The van der Waals surface area contributed by atoms with Crippen molar-refractivity contribution in [2.24, 2.45) is 0 Å². The zero-order valence-electron chi connectivity index (χ0n) is 7.64. The Hall–Kier alpha value is -0.940. The summed E-state index contributed by atoms with van der Waals surface area (Å²) >= 11 is 6.98. The third-order valence-electron chi connectivity index (χ3n) is 2.35. The number of carboxylic acids is 1. The molecular weight excluding hydrogens is 238 g/mol. The number of carbonyl (C=O) groups is 2. The molecule has 0 radical (unpaired) electrons. The van der Waals surface area contributed by atoms with Gasteiger partial charge in [0.25, 0.3) is 0 Å². The van der Waals surface area contributed by atoms with E-state index in [2.05, 4.69) is 0 Å².